The fraction of sp³-hybridized carbons (Fsp3) is 0.533. The molecular weight excluding hydrogens is 238 g/mol. The van der Waals surface area contributed by atoms with Crippen LogP contribution in [0.3, 0.4) is 0 Å². The predicted molar refractivity (Wildman–Crippen MR) is 78.0 cm³/mol. The van der Waals surface area contributed by atoms with Gasteiger partial charge in [0.05, 0.1) is 6.42 Å². The van der Waals surface area contributed by atoms with Crippen molar-refractivity contribution < 1.29 is 4.79 Å². The molecule has 0 radical (unpaired) electrons. The summed E-state index contributed by atoms with van der Waals surface area (Å²) in [6.07, 6.45) is 1.54. The molecule has 2 atom stereocenters. The molecule has 0 spiro atoms. The van der Waals surface area contributed by atoms with E-state index in [1.807, 2.05) is 6.07 Å². The molecule has 0 saturated carbocycles. The summed E-state index contributed by atoms with van der Waals surface area (Å²) in [5.74, 6) is 0.512. The van der Waals surface area contributed by atoms with Gasteiger partial charge in [0, 0.05) is 11.7 Å². The van der Waals surface area contributed by atoms with E-state index in [9.17, 15) is 4.79 Å². The molecule has 0 fully saturated rings. The molecule has 4 nitrogen and oxygen atoms in total. The van der Waals surface area contributed by atoms with E-state index in [0.29, 0.717) is 24.9 Å². The highest BCUT2D eigenvalue weighted by Crippen LogP contribution is 2.32. The molecule has 1 heterocycles. The highest BCUT2D eigenvalue weighted by molar-refractivity contribution is 5.99. The minimum atomic E-state index is 0.0828. The molecule has 2 rings (SSSR count). The lowest BCUT2D eigenvalue weighted by molar-refractivity contribution is -0.115. The number of hydrogen-bond donors (Lipinski definition) is 2. The molecule has 1 aliphatic heterocycles. The van der Waals surface area contributed by atoms with Crippen LogP contribution in [-0.2, 0) is 11.2 Å². The van der Waals surface area contributed by atoms with Gasteiger partial charge in [0.2, 0.25) is 5.91 Å². The first-order valence-corrected chi connectivity index (χ1v) is 6.86. The number of rotatable bonds is 5. The van der Waals surface area contributed by atoms with Crippen LogP contribution >= 0.6 is 0 Å². The molecule has 3 N–H and O–H groups in total. The maximum atomic E-state index is 11.4. The smallest absolute Gasteiger partial charge is 0.228 e. The minimum absolute atomic E-state index is 0.0828. The summed E-state index contributed by atoms with van der Waals surface area (Å²) in [6, 6.07) is 6.56. The van der Waals surface area contributed by atoms with E-state index in [1.54, 1.807) is 0 Å². The molecule has 1 aliphatic rings. The van der Waals surface area contributed by atoms with Gasteiger partial charge in [0.15, 0.2) is 0 Å². The van der Waals surface area contributed by atoms with Crippen LogP contribution in [0.15, 0.2) is 18.2 Å². The summed E-state index contributed by atoms with van der Waals surface area (Å²) < 4.78 is 0. The average Bonchev–Trinajstić information content (AvgIpc) is 2.74. The quantitative estimate of drug-likeness (QED) is 0.849. The molecule has 0 saturated heterocycles. The first-order chi connectivity index (χ1) is 9.06. The summed E-state index contributed by atoms with van der Waals surface area (Å²) in [7, 11) is 4.17. The molecule has 2 unspecified atom stereocenters. The van der Waals surface area contributed by atoms with Crippen molar-refractivity contribution in [2.75, 3.05) is 26.0 Å². The van der Waals surface area contributed by atoms with Crippen LogP contribution in [0.4, 0.5) is 5.69 Å². The van der Waals surface area contributed by atoms with E-state index in [4.69, 9.17) is 5.73 Å². The number of amides is 1. The van der Waals surface area contributed by atoms with Crippen LogP contribution in [0.25, 0.3) is 0 Å². The summed E-state index contributed by atoms with van der Waals surface area (Å²) in [5, 5.41) is 2.87. The third-order valence-electron chi connectivity index (χ3n) is 3.93. The standard InChI is InChI=1S/C15H23N3O/c1-4-10(9-16)15(18(2)3)11-5-6-13-12(7-11)8-14(19)17-13/h5-7,10,15H,4,8-9,16H2,1-3H3,(H,17,19). The van der Waals surface area contributed by atoms with Crippen LogP contribution in [0.5, 0.6) is 0 Å². The maximum absolute atomic E-state index is 11.4. The second kappa shape index (κ2) is 5.72. The lowest BCUT2D eigenvalue weighted by atomic mass is 9.89. The van der Waals surface area contributed by atoms with Crippen LogP contribution in [0.1, 0.15) is 30.5 Å². The molecule has 1 aromatic carbocycles. The Hall–Kier alpha value is -1.39. The Balaban J connectivity index is 2.33. The van der Waals surface area contributed by atoms with Crippen molar-refractivity contribution in [1.82, 2.24) is 4.90 Å². The lowest BCUT2D eigenvalue weighted by Crippen LogP contribution is -2.31. The van der Waals surface area contributed by atoms with E-state index in [2.05, 4.69) is 43.4 Å². The fourth-order valence-electron chi connectivity index (χ4n) is 2.94. The first kappa shape index (κ1) is 14.0. The Kier molecular flexibility index (Phi) is 4.22. The van der Waals surface area contributed by atoms with E-state index in [1.165, 1.54) is 5.56 Å². The van der Waals surface area contributed by atoms with Crippen LogP contribution in [0, 0.1) is 5.92 Å². The van der Waals surface area contributed by atoms with Gasteiger partial charge < -0.3 is 16.0 Å². The maximum Gasteiger partial charge on any atom is 0.228 e. The Morgan fingerprint density at radius 2 is 2.16 bits per heavy atom. The van der Waals surface area contributed by atoms with Crippen molar-refractivity contribution in [3.8, 4) is 0 Å². The number of benzene rings is 1. The fourth-order valence-corrected chi connectivity index (χ4v) is 2.94. The normalized spacial score (nSPS) is 17.2. The molecule has 1 aromatic rings. The zero-order valence-corrected chi connectivity index (χ0v) is 11.9. The summed E-state index contributed by atoms with van der Waals surface area (Å²) >= 11 is 0. The highest BCUT2D eigenvalue weighted by atomic mass is 16.1. The molecule has 0 aromatic heterocycles. The van der Waals surface area contributed by atoms with Crippen molar-refractivity contribution in [2.24, 2.45) is 11.7 Å². The Bertz CT molecular complexity index is 466. The summed E-state index contributed by atoms with van der Waals surface area (Å²) in [5.41, 5.74) is 9.20. The van der Waals surface area contributed by atoms with Gasteiger partial charge in [-0.2, -0.15) is 0 Å². The SMILES string of the molecule is CCC(CN)C(c1ccc2c(c1)CC(=O)N2)N(C)C. The molecular formula is C15H23N3O. The number of carbonyl (C=O) groups excluding carboxylic acids is 1. The number of carbonyl (C=O) groups is 1. The second-order valence-corrected chi connectivity index (χ2v) is 5.45. The van der Waals surface area contributed by atoms with Crippen molar-refractivity contribution in [3.05, 3.63) is 29.3 Å². The Morgan fingerprint density at radius 3 is 2.74 bits per heavy atom. The van der Waals surface area contributed by atoms with E-state index in [-0.39, 0.29) is 5.91 Å². The molecule has 104 valence electrons. The van der Waals surface area contributed by atoms with Crippen LogP contribution in [0.2, 0.25) is 0 Å². The Morgan fingerprint density at radius 1 is 1.42 bits per heavy atom. The largest absolute Gasteiger partial charge is 0.330 e. The average molecular weight is 261 g/mol. The van der Waals surface area contributed by atoms with Crippen molar-refractivity contribution in [2.45, 2.75) is 25.8 Å². The van der Waals surface area contributed by atoms with Gasteiger partial charge in [-0.05, 0) is 43.8 Å². The number of nitrogens with zero attached hydrogens (tertiary/aromatic N) is 1. The van der Waals surface area contributed by atoms with Gasteiger partial charge in [-0.25, -0.2) is 0 Å². The second-order valence-electron chi connectivity index (χ2n) is 5.45. The topological polar surface area (TPSA) is 58.4 Å². The van der Waals surface area contributed by atoms with E-state index in [0.717, 1.165) is 17.7 Å². The van der Waals surface area contributed by atoms with Gasteiger partial charge in [0.1, 0.15) is 0 Å². The number of fused-ring (bicyclic) bond motifs is 1. The monoisotopic (exact) mass is 261 g/mol. The minimum Gasteiger partial charge on any atom is -0.330 e. The molecule has 1 amide bonds. The first-order valence-electron chi connectivity index (χ1n) is 6.86. The van der Waals surface area contributed by atoms with Gasteiger partial charge in [-0.1, -0.05) is 25.5 Å². The van der Waals surface area contributed by atoms with E-state index < -0.39 is 0 Å². The van der Waals surface area contributed by atoms with Gasteiger partial charge >= 0.3 is 0 Å². The van der Waals surface area contributed by atoms with Crippen molar-refractivity contribution >= 4 is 11.6 Å². The van der Waals surface area contributed by atoms with Gasteiger partial charge in [-0.15, -0.1) is 0 Å². The highest BCUT2D eigenvalue weighted by Gasteiger charge is 2.25. The predicted octanol–water partition coefficient (Wildman–Crippen LogP) is 1.77. The number of nitrogens with one attached hydrogen (secondary N) is 1. The third-order valence-corrected chi connectivity index (χ3v) is 3.93. The zero-order chi connectivity index (χ0) is 14.0. The number of anilines is 1. The van der Waals surface area contributed by atoms with Crippen LogP contribution < -0.4 is 11.1 Å². The Labute approximate surface area is 115 Å². The zero-order valence-electron chi connectivity index (χ0n) is 11.9. The van der Waals surface area contributed by atoms with Crippen molar-refractivity contribution in [3.63, 3.8) is 0 Å². The molecule has 0 aliphatic carbocycles. The van der Waals surface area contributed by atoms with Gasteiger partial charge in [-0.3, -0.25) is 4.79 Å². The number of hydrogen-bond acceptors (Lipinski definition) is 3. The van der Waals surface area contributed by atoms with Crippen LogP contribution in [-0.4, -0.2) is 31.4 Å². The van der Waals surface area contributed by atoms with E-state index >= 15 is 0 Å². The lowest BCUT2D eigenvalue weighted by Gasteiger charge is -2.32. The van der Waals surface area contributed by atoms with Crippen molar-refractivity contribution in [1.29, 1.82) is 0 Å². The molecule has 4 heteroatoms. The molecule has 0 bridgehead atoms. The summed E-state index contributed by atoms with van der Waals surface area (Å²) in [4.78, 5) is 13.6. The number of nitrogens with two attached hydrogens (primary N) is 1. The third kappa shape index (κ3) is 2.80. The van der Waals surface area contributed by atoms with Gasteiger partial charge in [0.25, 0.3) is 0 Å². The molecule has 19 heavy (non-hydrogen) atoms. The summed E-state index contributed by atoms with van der Waals surface area (Å²) in [6.45, 7) is 2.85.